The molecular formula is C23H27N7O3S. The number of fused-ring (bicyclic) bond motifs is 1. The van der Waals surface area contributed by atoms with Crippen LogP contribution in [0.5, 0.6) is 5.75 Å². The zero-order valence-corrected chi connectivity index (χ0v) is 20.5. The largest absolute Gasteiger partial charge is 0.383 e. The van der Waals surface area contributed by atoms with Crippen LogP contribution in [-0.2, 0) is 17.2 Å². The molecule has 0 atom stereocenters. The van der Waals surface area contributed by atoms with Gasteiger partial charge in [0.2, 0.25) is 11.9 Å². The van der Waals surface area contributed by atoms with Gasteiger partial charge in [-0.25, -0.2) is 9.97 Å². The van der Waals surface area contributed by atoms with Gasteiger partial charge in [0.15, 0.2) is 0 Å². The monoisotopic (exact) mass is 481 g/mol. The molecule has 10 nitrogen and oxygen atoms in total. The van der Waals surface area contributed by atoms with E-state index in [1.54, 1.807) is 30.5 Å². The third-order valence-corrected chi connectivity index (χ3v) is 5.49. The number of nitrogens with zero attached hydrogens (tertiary/aromatic N) is 5. The summed E-state index contributed by atoms with van der Waals surface area (Å²) in [6.45, 7) is 4.16. The van der Waals surface area contributed by atoms with Crippen molar-refractivity contribution in [2.24, 2.45) is 7.05 Å². The van der Waals surface area contributed by atoms with Gasteiger partial charge in [-0.2, -0.15) is 13.4 Å². The first-order valence-corrected chi connectivity index (χ1v) is 12.5. The Morgan fingerprint density at radius 2 is 1.88 bits per heavy atom. The van der Waals surface area contributed by atoms with Gasteiger partial charge in [-0.05, 0) is 50.2 Å². The fraction of sp³-hybridized carbons (Fsp3) is 0.261. The van der Waals surface area contributed by atoms with Crippen LogP contribution in [0.2, 0.25) is 0 Å². The molecule has 4 aromatic rings. The second-order valence-corrected chi connectivity index (χ2v) is 9.78. The maximum absolute atomic E-state index is 11.4. The Morgan fingerprint density at radius 3 is 2.62 bits per heavy atom. The van der Waals surface area contributed by atoms with Gasteiger partial charge in [-0.15, -0.1) is 0 Å². The summed E-state index contributed by atoms with van der Waals surface area (Å²) < 4.78 is 29.8. The molecule has 0 spiro atoms. The molecule has 2 aromatic carbocycles. The molecule has 0 fully saturated rings. The molecule has 0 unspecified atom stereocenters. The molecule has 4 rings (SSSR count). The molecule has 0 aliphatic rings. The number of aromatic nitrogens is 4. The van der Waals surface area contributed by atoms with Gasteiger partial charge in [-0.3, -0.25) is 0 Å². The summed E-state index contributed by atoms with van der Waals surface area (Å²) in [6.07, 6.45) is 2.65. The van der Waals surface area contributed by atoms with Crippen molar-refractivity contribution in [3.8, 4) is 5.75 Å². The van der Waals surface area contributed by atoms with Crippen molar-refractivity contribution >= 4 is 50.2 Å². The Kier molecular flexibility index (Phi) is 6.29. The molecule has 0 saturated heterocycles. The number of nitrogens with one attached hydrogen (secondary N) is 2. The summed E-state index contributed by atoms with van der Waals surface area (Å²) in [7, 11) is 0.294. The number of hydrogen-bond acceptors (Lipinski definition) is 9. The van der Waals surface area contributed by atoms with E-state index in [9.17, 15) is 8.42 Å². The molecule has 2 heterocycles. The third kappa shape index (κ3) is 5.37. The molecular weight excluding hydrogens is 454 g/mol. The molecule has 0 saturated carbocycles. The second kappa shape index (κ2) is 9.18. The van der Waals surface area contributed by atoms with Gasteiger partial charge in [0.05, 0.1) is 17.3 Å². The van der Waals surface area contributed by atoms with Gasteiger partial charge >= 0.3 is 10.1 Å². The Bertz CT molecular complexity index is 1430. The maximum atomic E-state index is 11.4. The topological polar surface area (TPSA) is 114 Å². The van der Waals surface area contributed by atoms with Crippen LogP contribution in [0.1, 0.15) is 13.8 Å². The van der Waals surface area contributed by atoms with Crippen LogP contribution in [0.25, 0.3) is 11.0 Å². The summed E-state index contributed by atoms with van der Waals surface area (Å²) in [5, 5.41) is 6.44. The minimum absolute atomic E-state index is 0.204. The predicted octanol–water partition coefficient (Wildman–Crippen LogP) is 4.03. The molecule has 34 heavy (non-hydrogen) atoms. The van der Waals surface area contributed by atoms with E-state index >= 15 is 0 Å². The van der Waals surface area contributed by atoms with Crippen LogP contribution in [0, 0.1) is 0 Å². The Balaban J connectivity index is 1.57. The molecule has 0 bridgehead atoms. The first-order valence-electron chi connectivity index (χ1n) is 10.7. The first-order chi connectivity index (χ1) is 16.1. The smallest absolute Gasteiger partial charge is 0.306 e. The van der Waals surface area contributed by atoms with Gasteiger partial charge in [0.25, 0.3) is 0 Å². The molecule has 0 radical (unpaired) electrons. The van der Waals surface area contributed by atoms with Gasteiger partial charge in [0, 0.05) is 43.8 Å². The van der Waals surface area contributed by atoms with E-state index in [2.05, 4.69) is 34.4 Å². The van der Waals surface area contributed by atoms with Crippen molar-refractivity contribution in [2.75, 3.05) is 28.8 Å². The Hall–Kier alpha value is -3.86. The number of hydrogen-bond donors (Lipinski definition) is 2. The number of anilines is 5. The van der Waals surface area contributed by atoms with E-state index in [0.717, 1.165) is 28.9 Å². The van der Waals surface area contributed by atoms with Crippen LogP contribution >= 0.6 is 0 Å². The van der Waals surface area contributed by atoms with Crippen molar-refractivity contribution in [3.05, 3.63) is 54.7 Å². The van der Waals surface area contributed by atoms with Gasteiger partial charge in [0.1, 0.15) is 11.6 Å². The van der Waals surface area contributed by atoms with E-state index in [4.69, 9.17) is 9.17 Å². The molecule has 0 aliphatic carbocycles. The average Bonchev–Trinajstić information content (AvgIpc) is 3.06. The van der Waals surface area contributed by atoms with Crippen molar-refractivity contribution in [2.45, 2.75) is 19.9 Å². The lowest BCUT2D eigenvalue weighted by Gasteiger charge is -2.19. The minimum atomic E-state index is -3.61. The quantitative estimate of drug-likeness (QED) is 0.360. The molecule has 0 aliphatic heterocycles. The summed E-state index contributed by atoms with van der Waals surface area (Å²) in [6, 6.07) is 14.7. The SMILES string of the molecule is CC(C)Nc1nc2cc(N(C)c3ccnc(Nc4cccc(OS(C)(=O)=O)c4)n3)ccc2n1C. The summed E-state index contributed by atoms with van der Waals surface area (Å²) in [5.41, 5.74) is 3.43. The second-order valence-electron chi connectivity index (χ2n) is 8.20. The van der Waals surface area contributed by atoms with Crippen LogP contribution < -0.4 is 19.7 Å². The van der Waals surface area contributed by atoms with E-state index in [0.29, 0.717) is 17.5 Å². The lowest BCUT2D eigenvalue weighted by atomic mass is 10.2. The van der Waals surface area contributed by atoms with E-state index in [-0.39, 0.29) is 11.8 Å². The highest BCUT2D eigenvalue weighted by atomic mass is 32.2. The molecule has 2 aromatic heterocycles. The van der Waals surface area contributed by atoms with E-state index in [1.807, 2.05) is 47.8 Å². The van der Waals surface area contributed by atoms with Crippen molar-refractivity contribution < 1.29 is 12.6 Å². The normalized spacial score (nSPS) is 11.6. The van der Waals surface area contributed by atoms with Crippen molar-refractivity contribution in [1.82, 2.24) is 19.5 Å². The summed E-state index contributed by atoms with van der Waals surface area (Å²) >= 11 is 0. The Labute approximate surface area is 198 Å². The van der Waals surface area contributed by atoms with Gasteiger partial charge < -0.3 is 24.3 Å². The standard InChI is InChI=1S/C23H27N7O3S/c1-15(2)25-23-27-19-14-17(9-10-20(19)30(23)4)29(3)21-11-12-24-22(28-21)26-16-7-6-8-18(13-16)33-34(5,31)32/h6-15H,1-5H3,(H,25,27)(H,24,26,28). The third-order valence-electron chi connectivity index (χ3n) is 4.99. The number of rotatable bonds is 8. The van der Waals surface area contributed by atoms with E-state index < -0.39 is 10.1 Å². The first kappa shape index (κ1) is 23.3. The maximum Gasteiger partial charge on any atom is 0.306 e. The number of aryl methyl sites for hydroxylation is 1. The van der Waals surface area contributed by atoms with Crippen LogP contribution in [0.4, 0.5) is 29.1 Å². The highest BCUT2D eigenvalue weighted by Gasteiger charge is 2.13. The molecule has 178 valence electrons. The fourth-order valence-electron chi connectivity index (χ4n) is 3.44. The summed E-state index contributed by atoms with van der Waals surface area (Å²) in [4.78, 5) is 15.5. The Morgan fingerprint density at radius 1 is 1.09 bits per heavy atom. The lowest BCUT2D eigenvalue weighted by Crippen LogP contribution is -2.13. The average molecular weight is 482 g/mol. The molecule has 11 heteroatoms. The van der Waals surface area contributed by atoms with Crippen molar-refractivity contribution in [3.63, 3.8) is 0 Å². The number of imidazole rings is 1. The predicted molar refractivity (Wildman–Crippen MR) is 135 cm³/mol. The van der Waals surface area contributed by atoms with Crippen molar-refractivity contribution in [1.29, 1.82) is 0 Å². The lowest BCUT2D eigenvalue weighted by molar-refractivity contribution is 0.493. The zero-order chi connectivity index (χ0) is 24.5. The summed E-state index contributed by atoms with van der Waals surface area (Å²) in [5.74, 6) is 2.07. The minimum Gasteiger partial charge on any atom is -0.383 e. The highest BCUT2D eigenvalue weighted by molar-refractivity contribution is 7.86. The van der Waals surface area contributed by atoms with Crippen LogP contribution in [0.3, 0.4) is 0 Å². The van der Waals surface area contributed by atoms with Crippen LogP contribution in [0.15, 0.2) is 54.7 Å². The van der Waals surface area contributed by atoms with Gasteiger partial charge in [-0.1, -0.05) is 6.07 Å². The van der Waals surface area contributed by atoms with Crippen LogP contribution in [-0.4, -0.2) is 47.3 Å². The zero-order valence-electron chi connectivity index (χ0n) is 19.6. The van der Waals surface area contributed by atoms with E-state index in [1.165, 1.54) is 0 Å². The highest BCUT2D eigenvalue weighted by Crippen LogP contribution is 2.28. The molecule has 2 N–H and O–H groups in total. The number of benzene rings is 2. The fourth-order valence-corrected chi connectivity index (χ4v) is 3.90. The molecule has 0 amide bonds.